The van der Waals surface area contributed by atoms with Crippen molar-refractivity contribution in [2.75, 3.05) is 5.43 Å². The molecule has 0 unspecified atom stereocenters. The van der Waals surface area contributed by atoms with Gasteiger partial charge in [-0.25, -0.2) is 0 Å². The summed E-state index contributed by atoms with van der Waals surface area (Å²) in [7, 11) is 0. The smallest absolute Gasteiger partial charge is 0.279 e. The summed E-state index contributed by atoms with van der Waals surface area (Å²) >= 11 is 0. The van der Waals surface area contributed by atoms with E-state index in [1.165, 1.54) is 0 Å². The molecule has 0 radical (unpaired) electrons. The van der Waals surface area contributed by atoms with Gasteiger partial charge in [-0.1, -0.05) is 18.2 Å². The predicted molar refractivity (Wildman–Crippen MR) is 61.0 cm³/mol. The number of rotatable bonds is 2. The van der Waals surface area contributed by atoms with Crippen LogP contribution in [-0.4, -0.2) is 16.1 Å². The summed E-state index contributed by atoms with van der Waals surface area (Å²) in [6, 6.07) is 7.22. The molecule has 7 nitrogen and oxygen atoms in total. The van der Waals surface area contributed by atoms with Crippen LogP contribution in [0.2, 0.25) is 0 Å². The molecular weight excluding hydrogens is 210 g/mol. The molecule has 0 fully saturated rings. The van der Waals surface area contributed by atoms with Crippen LogP contribution in [0.15, 0.2) is 34.5 Å². The zero-order valence-electron chi connectivity index (χ0n) is 8.14. The van der Waals surface area contributed by atoms with Gasteiger partial charge >= 0.3 is 0 Å². The van der Waals surface area contributed by atoms with E-state index in [9.17, 15) is 10.0 Å². The van der Waals surface area contributed by atoms with Crippen molar-refractivity contribution in [1.29, 1.82) is 0 Å². The molecule has 16 heavy (non-hydrogen) atoms. The molecule has 0 atom stereocenters. The summed E-state index contributed by atoms with van der Waals surface area (Å²) in [5, 5.41) is 16.2. The second-order valence-electron chi connectivity index (χ2n) is 3.07. The summed E-state index contributed by atoms with van der Waals surface area (Å²) in [5.41, 5.74) is 8.67. The lowest BCUT2D eigenvalue weighted by atomic mass is 10.2. The number of nitrogens with two attached hydrogens (primary N) is 1. The Morgan fingerprint density at radius 3 is 2.94 bits per heavy atom. The molecule has 7 heteroatoms. The maximum Gasteiger partial charge on any atom is 0.279 e. The van der Waals surface area contributed by atoms with E-state index in [1.54, 1.807) is 12.1 Å². The van der Waals surface area contributed by atoms with Gasteiger partial charge in [-0.3, -0.25) is 5.43 Å². The first-order chi connectivity index (χ1) is 7.72. The van der Waals surface area contributed by atoms with Crippen LogP contribution >= 0.6 is 0 Å². The van der Waals surface area contributed by atoms with E-state index in [0.717, 1.165) is 10.9 Å². The number of hydrogen-bond donors (Lipinski definition) is 4. The zero-order valence-corrected chi connectivity index (χ0v) is 8.14. The quantitative estimate of drug-likeness (QED) is 0.263. The minimum atomic E-state index is -0.440. The van der Waals surface area contributed by atoms with Crippen molar-refractivity contribution >= 4 is 22.5 Å². The highest BCUT2D eigenvalue weighted by molar-refractivity contribution is 5.96. The molecule has 0 saturated carbocycles. The number of aromatic hydroxyl groups is 1. The Balaban J connectivity index is 2.43. The third-order valence-electron chi connectivity index (χ3n) is 2.06. The highest BCUT2D eigenvalue weighted by atomic mass is 16.3. The van der Waals surface area contributed by atoms with Gasteiger partial charge in [-0.05, 0) is 6.07 Å². The number of fused-ring (bicyclic) bond motifs is 1. The van der Waals surface area contributed by atoms with Gasteiger partial charge in [0.15, 0.2) is 0 Å². The molecule has 1 aromatic heterocycles. The SMILES string of the molecule is N/C(N=O)=N/Nc1c(O)[nH]c2ccccc12. The van der Waals surface area contributed by atoms with Crippen molar-refractivity contribution in [2.24, 2.45) is 16.0 Å². The van der Waals surface area contributed by atoms with Gasteiger partial charge in [0.05, 0.1) is 5.52 Å². The Morgan fingerprint density at radius 2 is 2.19 bits per heavy atom. The lowest BCUT2D eigenvalue weighted by Gasteiger charge is -1.97. The molecule has 2 rings (SSSR count). The van der Waals surface area contributed by atoms with Gasteiger partial charge in [0.25, 0.3) is 5.96 Å². The molecule has 1 aromatic carbocycles. The van der Waals surface area contributed by atoms with Crippen LogP contribution in [0.5, 0.6) is 5.88 Å². The van der Waals surface area contributed by atoms with Gasteiger partial charge in [0.1, 0.15) is 5.69 Å². The predicted octanol–water partition coefficient (Wildman–Crippen LogP) is 1.28. The average Bonchev–Trinajstić information content (AvgIpc) is 2.62. The Labute approximate surface area is 89.9 Å². The van der Waals surface area contributed by atoms with Crippen LogP contribution < -0.4 is 11.2 Å². The molecule has 1 heterocycles. The van der Waals surface area contributed by atoms with Crippen LogP contribution in [0.25, 0.3) is 10.9 Å². The number of benzene rings is 1. The molecule has 82 valence electrons. The van der Waals surface area contributed by atoms with Crippen LogP contribution in [0.3, 0.4) is 0 Å². The summed E-state index contributed by atoms with van der Waals surface area (Å²) < 4.78 is 0. The molecule has 0 saturated heterocycles. The van der Waals surface area contributed by atoms with E-state index in [4.69, 9.17) is 5.73 Å². The number of para-hydroxylation sites is 1. The molecule has 0 bridgehead atoms. The van der Waals surface area contributed by atoms with E-state index in [-0.39, 0.29) is 5.88 Å². The number of nitrogens with one attached hydrogen (secondary N) is 2. The number of anilines is 1. The number of aromatic nitrogens is 1. The van der Waals surface area contributed by atoms with Crippen LogP contribution in [-0.2, 0) is 0 Å². The van der Waals surface area contributed by atoms with E-state index in [0.29, 0.717) is 5.69 Å². The number of nitrogens with zero attached hydrogens (tertiary/aromatic N) is 2. The normalized spacial score (nSPS) is 11.6. The Hall–Kier alpha value is -2.57. The van der Waals surface area contributed by atoms with Crippen molar-refractivity contribution in [3.05, 3.63) is 29.2 Å². The first-order valence-electron chi connectivity index (χ1n) is 4.44. The topological polar surface area (TPSA) is 116 Å². The fraction of sp³-hybridized carbons (Fsp3) is 0. The highest BCUT2D eigenvalue weighted by Crippen LogP contribution is 2.32. The number of H-pyrrole nitrogens is 1. The van der Waals surface area contributed by atoms with Gasteiger partial charge in [0, 0.05) is 10.6 Å². The second kappa shape index (κ2) is 3.89. The highest BCUT2D eigenvalue weighted by Gasteiger charge is 2.09. The van der Waals surface area contributed by atoms with Crippen molar-refractivity contribution in [1.82, 2.24) is 4.98 Å². The number of hydrogen-bond acceptors (Lipinski definition) is 4. The number of nitroso groups, excluding NO2 is 1. The third-order valence-corrected chi connectivity index (χ3v) is 2.06. The molecular formula is C9H9N5O2. The molecule has 0 aliphatic heterocycles. The minimum absolute atomic E-state index is 0.0800. The second-order valence-corrected chi connectivity index (χ2v) is 3.07. The molecule has 0 amide bonds. The van der Waals surface area contributed by atoms with Crippen molar-refractivity contribution in [3.8, 4) is 5.88 Å². The number of aromatic amines is 1. The fourth-order valence-electron chi connectivity index (χ4n) is 1.37. The van der Waals surface area contributed by atoms with E-state index in [1.807, 2.05) is 12.1 Å². The molecule has 0 aliphatic rings. The summed E-state index contributed by atoms with van der Waals surface area (Å²) in [6.07, 6.45) is 0. The van der Waals surface area contributed by atoms with Gasteiger partial charge in [0.2, 0.25) is 5.88 Å². The fourth-order valence-corrected chi connectivity index (χ4v) is 1.37. The van der Waals surface area contributed by atoms with E-state index < -0.39 is 5.96 Å². The lowest BCUT2D eigenvalue weighted by molar-refractivity contribution is 0.460. The summed E-state index contributed by atoms with van der Waals surface area (Å²) in [6.45, 7) is 0. The summed E-state index contributed by atoms with van der Waals surface area (Å²) in [5.74, 6) is -0.520. The standard InChI is InChI=1S/C9H9N5O2/c10-9(14-16)13-12-7-5-3-1-2-4-6(5)11-8(7)15/h1-4,11-12,15H,(H2,10,13). The van der Waals surface area contributed by atoms with E-state index in [2.05, 4.69) is 20.7 Å². The van der Waals surface area contributed by atoms with Gasteiger partial charge < -0.3 is 15.8 Å². The Kier molecular flexibility index (Phi) is 2.42. The average molecular weight is 219 g/mol. The minimum Gasteiger partial charge on any atom is -0.493 e. The third kappa shape index (κ3) is 1.65. The maximum atomic E-state index is 10.00. The Bertz CT molecular complexity index is 560. The van der Waals surface area contributed by atoms with Crippen molar-refractivity contribution in [2.45, 2.75) is 0 Å². The summed E-state index contributed by atoms with van der Waals surface area (Å²) in [4.78, 5) is 12.7. The monoisotopic (exact) mass is 219 g/mol. The molecule has 5 N–H and O–H groups in total. The van der Waals surface area contributed by atoms with Crippen LogP contribution in [0, 0.1) is 4.91 Å². The first-order valence-corrected chi connectivity index (χ1v) is 4.44. The van der Waals surface area contributed by atoms with Crippen LogP contribution in [0.1, 0.15) is 0 Å². The first kappa shape index (κ1) is 9.97. The Morgan fingerprint density at radius 1 is 1.44 bits per heavy atom. The lowest BCUT2D eigenvalue weighted by Crippen LogP contribution is -2.09. The van der Waals surface area contributed by atoms with Crippen LogP contribution in [0.4, 0.5) is 5.69 Å². The van der Waals surface area contributed by atoms with Crippen molar-refractivity contribution < 1.29 is 5.11 Å². The largest absolute Gasteiger partial charge is 0.493 e. The van der Waals surface area contributed by atoms with Gasteiger partial charge in [-0.15, -0.1) is 10.0 Å². The van der Waals surface area contributed by atoms with Crippen molar-refractivity contribution in [3.63, 3.8) is 0 Å². The molecule has 2 aromatic rings. The van der Waals surface area contributed by atoms with E-state index >= 15 is 0 Å². The van der Waals surface area contributed by atoms with Gasteiger partial charge in [-0.2, -0.15) is 0 Å². The molecule has 0 spiro atoms. The number of guanidine groups is 1. The molecule has 0 aliphatic carbocycles. The maximum absolute atomic E-state index is 10.00. The number of hydrazone groups is 1. The zero-order chi connectivity index (χ0) is 11.5.